The maximum absolute atomic E-state index is 13.1. The molecule has 5 heteroatoms. The molecule has 0 spiro atoms. The lowest BCUT2D eigenvalue weighted by Gasteiger charge is -2.35. The summed E-state index contributed by atoms with van der Waals surface area (Å²) in [6, 6.07) is 3.52. The Morgan fingerprint density at radius 2 is 1.83 bits per heavy atom. The third-order valence-electron chi connectivity index (χ3n) is 3.68. The third-order valence-corrected chi connectivity index (χ3v) is 3.68. The molecule has 0 saturated heterocycles. The molecule has 24 heavy (non-hydrogen) atoms. The van der Waals surface area contributed by atoms with Gasteiger partial charge in [0.15, 0.2) is 0 Å². The number of ether oxygens (including phenoxy) is 2. The van der Waals surface area contributed by atoms with Gasteiger partial charge in [-0.3, -0.25) is 4.79 Å². The number of rotatable bonds is 10. The highest BCUT2D eigenvalue weighted by Crippen LogP contribution is 2.31. The van der Waals surface area contributed by atoms with Crippen LogP contribution < -0.4 is 10.1 Å². The van der Waals surface area contributed by atoms with Crippen LogP contribution in [0.2, 0.25) is 0 Å². The zero-order chi connectivity index (χ0) is 18.2. The smallest absolute Gasteiger partial charge is 0.256 e. The van der Waals surface area contributed by atoms with Crippen molar-refractivity contribution in [1.82, 2.24) is 4.98 Å². The van der Waals surface area contributed by atoms with Crippen molar-refractivity contribution in [2.45, 2.75) is 59.5 Å². The molecule has 1 aromatic heterocycles. The van der Waals surface area contributed by atoms with Crippen LogP contribution in [0, 0.1) is 11.8 Å². The molecule has 0 aromatic carbocycles. The number of methoxy groups -OCH3 is 1. The molecule has 0 aliphatic carbocycles. The number of hydrogen-bond donors (Lipinski definition) is 1. The van der Waals surface area contributed by atoms with Crippen molar-refractivity contribution in [3.8, 4) is 5.88 Å². The summed E-state index contributed by atoms with van der Waals surface area (Å²) in [7, 11) is 1.56. The lowest BCUT2D eigenvalue weighted by molar-refractivity contribution is -0.147. The molecule has 0 aliphatic rings. The minimum Gasteiger partial charge on any atom is -0.481 e. The minimum atomic E-state index is -0.807. The Bertz CT molecular complexity index is 488. The van der Waals surface area contributed by atoms with Crippen LogP contribution in [-0.2, 0) is 9.53 Å². The zero-order valence-electron chi connectivity index (χ0n) is 15.9. The first-order chi connectivity index (χ1) is 11.3. The van der Waals surface area contributed by atoms with Crippen LogP contribution in [0.4, 0.5) is 5.69 Å². The normalized spacial score (nSPS) is 11.8. The van der Waals surface area contributed by atoms with E-state index in [0.29, 0.717) is 42.9 Å². The van der Waals surface area contributed by atoms with Crippen molar-refractivity contribution in [3.05, 3.63) is 18.3 Å². The Morgan fingerprint density at radius 3 is 2.25 bits per heavy atom. The molecule has 0 aliphatic heterocycles. The van der Waals surface area contributed by atoms with Crippen LogP contribution in [-0.4, -0.2) is 30.2 Å². The van der Waals surface area contributed by atoms with Gasteiger partial charge in [0.25, 0.3) is 5.91 Å². The van der Waals surface area contributed by atoms with Crippen LogP contribution in [0.25, 0.3) is 0 Å². The maximum atomic E-state index is 13.1. The van der Waals surface area contributed by atoms with Gasteiger partial charge in [0.2, 0.25) is 5.88 Å². The highest BCUT2D eigenvalue weighted by Gasteiger charge is 2.40. The van der Waals surface area contributed by atoms with E-state index in [1.54, 1.807) is 25.4 Å². The van der Waals surface area contributed by atoms with Crippen molar-refractivity contribution >= 4 is 11.6 Å². The molecule has 1 rings (SSSR count). The van der Waals surface area contributed by atoms with E-state index in [-0.39, 0.29) is 5.91 Å². The van der Waals surface area contributed by atoms with Crippen LogP contribution >= 0.6 is 0 Å². The van der Waals surface area contributed by atoms with Crippen molar-refractivity contribution in [2.75, 3.05) is 19.0 Å². The number of amides is 1. The molecular formula is C19H32N2O3. The van der Waals surface area contributed by atoms with E-state index >= 15 is 0 Å². The number of anilines is 1. The Morgan fingerprint density at radius 1 is 1.21 bits per heavy atom. The monoisotopic (exact) mass is 336 g/mol. The van der Waals surface area contributed by atoms with E-state index in [1.807, 2.05) is 0 Å². The van der Waals surface area contributed by atoms with Crippen LogP contribution in [0.5, 0.6) is 5.88 Å². The standard InChI is InChI=1S/C19H32N2O3/c1-7-10-24-19(11-14(2)3,12-15(4)5)18(22)21-16-8-9-17(23-6)20-13-16/h8-9,13-15H,7,10-12H2,1-6H3,(H,21,22). The summed E-state index contributed by atoms with van der Waals surface area (Å²) in [6.07, 6.45) is 3.88. The second kappa shape index (κ2) is 9.62. The number of pyridine rings is 1. The average Bonchev–Trinajstić information content (AvgIpc) is 2.52. The SMILES string of the molecule is CCCOC(CC(C)C)(CC(C)C)C(=O)Nc1ccc(OC)nc1. The Balaban J connectivity index is 3.01. The van der Waals surface area contributed by atoms with Crippen molar-refractivity contribution in [2.24, 2.45) is 11.8 Å². The first-order valence-corrected chi connectivity index (χ1v) is 8.78. The number of nitrogens with zero attached hydrogens (tertiary/aromatic N) is 1. The lowest BCUT2D eigenvalue weighted by Crippen LogP contribution is -2.47. The van der Waals surface area contributed by atoms with Crippen LogP contribution in [0.15, 0.2) is 18.3 Å². The first kappa shape index (κ1) is 20.4. The number of carbonyl (C=O) groups is 1. The van der Waals surface area contributed by atoms with E-state index in [9.17, 15) is 4.79 Å². The quantitative estimate of drug-likeness (QED) is 0.692. The first-order valence-electron chi connectivity index (χ1n) is 8.78. The lowest BCUT2D eigenvalue weighted by atomic mass is 9.83. The average molecular weight is 336 g/mol. The Kier molecular flexibility index (Phi) is 8.19. The molecule has 0 atom stereocenters. The fourth-order valence-corrected chi connectivity index (χ4v) is 2.89. The molecule has 0 saturated carbocycles. The molecule has 136 valence electrons. The van der Waals surface area contributed by atoms with E-state index in [0.717, 1.165) is 6.42 Å². The highest BCUT2D eigenvalue weighted by molar-refractivity contribution is 5.97. The summed E-state index contributed by atoms with van der Waals surface area (Å²) in [5.41, 5.74) is -0.157. The van der Waals surface area contributed by atoms with Crippen LogP contribution in [0.3, 0.4) is 0 Å². The molecule has 0 fully saturated rings. The molecule has 1 heterocycles. The maximum Gasteiger partial charge on any atom is 0.256 e. The largest absolute Gasteiger partial charge is 0.481 e. The van der Waals surface area contributed by atoms with Gasteiger partial charge in [0.05, 0.1) is 19.0 Å². The number of nitrogens with one attached hydrogen (secondary N) is 1. The van der Waals surface area contributed by atoms with Gasteiger partial charge in [0.1, 0.15) is 5.60 Å². The minimum absolute atomic E-state index is 0.0923. The predicted molar refractivity (Wildman–Crippen MR) is 97.3 cm³/mol. The van der Waals surface area contributed by atoms with Crippen LogP contribution in [0.1, 0.15) is 53.9 Å². The van der Waals surface area contributed by atoms with Crippen molar-refractivity contribution < 1.29 is 14.3 Å². The highest BCUT2D eigenvalue weighted by atomic mass is 16.5. The van der Waals surface area contributed by atoms with Gasteiger partial charge in [-0.1, -0.05) is 34.6 Å². The summed E-state index contributed by atoms with van der Waals surface area (Å²) in [6.45, 7) is 11.1. The Hall–Kier alpha value is -1.62. The summed E-state index contributed by atoms with van der Waals surface area (Å²) in [5, 5.41) is 2.97. The predicted octanol–water partition coefficient (Wildman–Crippen LogP) is 4.29. The molecular weight excluding hydrogens is 304 g/mol. The van der Waals surface area contributed by atoms with Crippen molar-refractivity contribution in [3.63, 3.8) is 0 Å². The number of hydrogen-bond acceptors (Lipinski definition) is 4. The van der Waals surface area contributed by atoms with Gasteiger partial charge in [-0.05, 0) is 37.2 Å². The molecule has 0 radical (unpaired) electrons. The summed E-state index contributed by atoms with van der Waals surface area (Å²) in [5.74, 6) is 1.15. The van der Waals surface area contributed by atoms with E-state index in [1.165, 1.54) is 0 Å². The van der Waals surface area contributed by atoms with E-state index in [2.05, 4.69) is 44.9 Å². The van der Waals surface area contributed by atoms with Gasteiger partial charge in [-0.25, -0.2) is 4.98 Å². The molecule has 5 nitrogen and oxygen atoms in total. The molecule has 1 N–H and O–H groups in total. The molecule has 0 bridgehead atoms. The summed E-state index contributed by atoms with van der Waals surface area (Å²) in [4.78, 5) is 17.2. The van der Waals surface area contributed by atoms with Gasteiger partial charge in [-0.15, -0.1) is 0 Å². The topological polar surface area (TPSA) is 60.5 Å². The fourth-order valence-electron chi connectivity index (χ4n) is 2.89. The van der Waals surface area contributed by atoms with E-state index in [4.69, 9.17) is 9.47 Å². The van der Waals surface area contributed by atoms with Gasteiger partial charge < -0.3 is 14.8 Å². The molecule has 0 unspecified atom stereocenters. The second-order valence-corrected chi connectivity index (χ2v) is 7.08. The second-order valence-electron chi connectivity index (χ2n) is 7.08. The van der Waals surface area contributed by atoms with Gasteiger partial charge >= 0.3 is 0 Å². The molecule has 1 amide bonds. The molecule has 1 aromatic rings. The summed E-state index contributed by atoms with van der Waals surface area (Å²) < 4.78 is 11.2. The van der Waals surface area contributed by atoms with Crippen molar-refractivity contribution in [1.29, 1.82) is 0 Å². The third kappa shape index (κ3) is 6.11. The van der Waals surface area contributed by atoms with Gasteiger partial charge in [-0.2, -0.15) is 0 Å². The van der Waals surface area contributed by atoms with Gasteiger partial charge in [0, 0.05) is 12.7 Å². The van der Waals surface area contributed by atoms with E-state index < -0.39 is 5.60 Å². The fraction of sp³-hybridized carbons (Fsp3) is 0.684. The number of aromatic nitrogens is 1. The Labute approximate surface area is 146 Å². The zero-order valence-corrected chi connectivity index (χ0v) is 15.9. The summed E-state index contributed by atoms with van der Waals surface area (Å²) >= 11 is 0. The number of carbonyl (C=O) groups excluding carboxylic acids is 1.